The third kappa shape index (κ3) is 2.12. The molecule has 0 unspecified atom stereocenters. The molecule has 0 saturated carbocycles. The molecule has 0 aliphatic heterocycles. The Morgan fingerprint density at radius 2 is 2.07 bits per heavy atom. The highest BCUT2D eigenvalue weighted by atomic mass is 16.6. The quantitative estimate of drug-likeness (QED) is 0.469. The Bertz CT molecular complexity index is 412. The number of carbonyl (C=O) groups is 1. The van der Waals surface area contributed by atoms with E-state index in [0.29, 0.717) is 0 Å². The predicted molar refractivity (Wildman–Crippen MR) is 53.9 cm³/mol. The minimum Gasteiger partial charge on any atom is -0.502 e. The maximum Gasteiger partial charge on any atom is 0.311 e. The van der Waals surface area contributed by atoms with Crippen molar-refractivity contribution in [1.82, 2.24) is 0 Å². The number of Topliss-reactive ketones (excluding diaryl/α,β-unsaturated/α-hetero) is 1. The molecule has 80 valence electrons. The molecule has 5 nitrogen and oxygen atoms in total. The summed E-state index contributed by atoms with van der Waals surface area (Å²) in [5.41, 5.74) is -0.444. The molecule has 0 fully saturated rings. The fourth-order valence-corrected chi connectivity index (χ4v) is 1.19. The fraction of sp³-hybridized carbons (Fsp3) is 0.300. The van der Waals surface area contributed by atoms with Gasteiger partial charge in [-0.15, -0.1) is 0 Å². The molecule has 0 bridgehead atoms. The van der Waals surface area contributed by atoms with Crippen LogP contribution in [0.4, 0.5) is 5.69 Å². The second-order valence-corrected chi connectivity index (χ2v) is 3.45. The van der Waals surface area contributed by atoms with Crippen molar-refractivity contribution in [3.63, 3.8) is 0 Å². The number of phenolic OH excluding ortho intramolecular Hbond substituents is 1. The summed E-state index contributed by atoms with van der Waals surface area (Å²) in [7, 11) is 0. The molecule has 1 rings (SSSR count). The number of hydrogen-bond acceptors (Lipinski definition) is 4. The van der Waals surface area contributed by atoms with Gasteiger partial charge in [0.25, 0.3) is 0 Å². The summed E-state index contributed by atoms with van der Waals surface area (Å²) in [6.07, 6.45) is 0. The van der Waals surface area contributed by atoms with E-state index >= 15 is 0 Å². The number of ketones is 1. The second kappa shape index (κ2) is 4.08. The molecule has 0 radical (unpaired) electrons. The Morgan fingerprint density at radius 1 is 1.47 bits per heavy atom. The Morgan fingerprint density at radius 3 is 2.53 bits per heavy atom. The van der Waals surface area contributed by atoms with E-state index in [1.54, 1.807) is 13.8 Å². The number of nitro benzene ring substituents is 1. The highest BCUT2D eigenvalue weighted by Gasteiger charge is 2.22. The first-order valence-electron chi connectivity index (χ1n) is 4.45. The first-order valence-corrected chi connectivity index (χ1v) is 4.45. The molecule has 1 aromatic carbocycles. The number of nitrogens with zero attached hydrogens (tertiary/aromatic N) is 1. The Balaban J connectivity index is 3.27. The van der Waals surface area contributed by atoms with Crippen LogP contribution in [-0.2, 0) is 0 Å². The van der Waals surface area contributed by atoms with E-state index in [4.69, 9.17) is 0 Å². The van der Waals surface area contributed by atoms with Crippen molar-refractivity contribution in [1.29, 1.82) is 0 Å². The lowest BCUT2D eigenvalue weighted by molar-refractivity contribution is -0.385. The molecule has 0 amide bonds. The average Bonchev–Trinajstić information content (AvgIpc) is 2.16. The van der Waals surface area contributed by atoms with E-state index in [9.17, 15) is 20.0 Å². The first-order chi connectivity index (χ1) is 6.95. The van der Waals surface area contributed by atoms with E-state index in [1.165, 1.54) is 12.1 Å². The largest absolute Gasteiger partial charge is 0.502 e. The van der Waals surface area contributed by atoms with Crippen molar-refractivity contribution < 1.29 is 14.8 Å². The number of rotatable bonds is 3. The molecule has 1 aromatic rings. The van der Waals surface area contributed by atoms with Gasteiger partial charge >= 0.3 is 5.69 Å². The molecule has 0 aliphatic rings. The van der Waals surface area contributed by atoms with E-state index in [1.807, 2.05) is 0 Å². The van der Waals surface area contributed by atoms with Gasteiger partial charge in [-0.05, 0) is 6.07 Å². The van der Waals surface area contributed by atoms with Gasteiger partial charge < -0.3 is 5.11 Å². The SMILES string of the molecule is CC(C)C(=O)c1cccc([N+](=O)[O-])c1O. The van der Waals surface area contributed by atoms with E-state index in [2.05, 4.69) is 0 Å². The van der Waals surface area contributed by atoms with Crippen LogP contribution in [0.5, 0.6) is 5.75 Å². The van der Waals surface area contributed by atoms with Crippen molar-refractivity contribution in [2.75, 3.05) is 0 Å². The summed E-state index contributed by atoms with van der Waals surface area (Å²) in [6, 6.07) is 3.92. The van der Waals surface area contributed by atoms with Gasteiger partial charge in [-0.25, -0.2) is 0 Å². The lowest BCUT2D eigenvalue weighted by Gasteiger charge is -2.06. The van der Waals surface area contributed by atoms with Crippen molar-refractivity contribution in [2.24, 2.45) is 5.92 Å². The van der Waals surface area contributed by atoms with Crippen LogP contribution in [-0.4, -0.2) is 15.8 Å². The van der Waals surface area contributed by atoms with Gasteiger partial charge in [0, 0.05) is 12.0 Å². The molecule has 0 spiro atoms. The molecule has 0 saturated heterocycles. The molecule has 0 heterocycles. The van der Waals surface area contributed by atoms with Crippen LogP contribution < -0.4 is 0 Å². The average molecular weight is 209 g/mol. The summed E-state index contributed by atoms with van der Waals surface area (Å²) in [5.74, 6) is -1.17. The van der Waals surface area contributed by atoms with Crippen molar-refractivity contribution >= 4 is 11.5 Å². The van der Waals surface area contributed by atoms with Gasteiger partial charge in [0.1, 0.15) is 0 Å². The smallest absolute Gasteiger partial charge is 0.311 e. The van der Waals surface area contributed by atoms with E-state index in [0.717, 1.165) is 6.07 Å². The number of aromatic hydroxyl groups is 1. The lowest BCUT2D eigenvalue weighted by Crippen LogP contribution is -2.08. The Hall–Kier alpha value is -1.91. The van der Waals surface area contributed by atoms with Crippen LogP contribution in [0.15, 0.2) is 18.2 Å². The highest BCUT2D eigenvalue weighted by Crippen LogP contribution is 2.30. The monoisotopic (exact) mass is 209 g/mol. The minimum atomic E-state index is -0.716. The number of nitro groups is 1. The molecule has 0 aromatic heterocycles. The first kappa shape index (κ1) is 11.2. The van der Waals surface area contributed by atoms with Crippen LogP contribution in [0, 0.1) is 16.0 Å². The van der Waals surface area contributed by atoms with Gasteiger partial charge in [0.2, 0.25) is 5.75 Å². The standard InChI is InChI=1S/C10H11NO4/c1-6(2)9(12)7-4-3-5-8(10(7)13)11(14)15/h3-6,13H,1-2H3. The molecular formula is C10H11NO4. The van der Waals surface area contributed by atoms with Crippen molar-refractivity contribution in [2.45, 2.75) is 13.8 Å². The Labute approximate surface area is 86.5 Å². The van der Waals surface area contributed by atoms with Gasteiger partial charge in [-0.1, -0.05) is 19.9 Å². The maximum absolute atomic E-state index is 11.6. The zero-order valence-corrected chi connectivity index (χ0v) is 8.43. The molecule has 0 aliphatic carbocycles. The normalized spacial score (nSPS) is 10.3. The zero-order valence-electron chi connectivity index (χ0n) is 8.43. The topological polar surface area (TPSA) is 80.4 Å². The lowest BCUT2D eigenvalue weighted by atomic mass is 10.00. The number of para-hydroxylation sites is 1. The Kier molecular flexibility index (Phi) is 3.04. The van der Waals surface area contributed by atoms with Gasteiger partial charge in [0.15, 0.2) is 5.78 Å². The minimum absolute atomic E-state index is 0.000741. The maximum atomic E-state index is 11.6. The number of hydrogen-bond donors (Lipinski definition) is 1. The van der Waals surface area contributed by atoms with Crippen LogP contribution in [0.3, 0.4) is 0 Å². The zero-order chi connectivity index (χ0) is 11.6. The fourth-order valence-electron chi connectivity index (χ4n) is 1.19. The van der Waals surface area contributed by atoms with Crippen LogP contribution in [0.2, 0.25) is 0 Å². The number of benzene rings is 1. The van der Waals surface area contributed by atoms with E-state index in [-0.39, 0.29) is 17.3 Å². The van der Waals surface area contributed by atoms with Gasteiger partial charge in [-0.3, -0.25) is 14.9 Å². The summed E-state index contributed by atoms with van der Waals surface area (Å²) < 4.78 is 0. The number of phenols is 1. The summed E-state index contributed by atoms with van der Waals surface area (Å²) in [6.45, 7) is 3.33. The van der Waals surface area contributed by atoms with Crippen molar-refractivity contribution in [3.05, 3.63) is 33.9 Å². The van der Waals surface area contributed by atoms with Crippen LogP contribution in [0.1, 0.15) is 24.2 Å². The molecule has 0 atom stereocenters. The van der Waals surface area contributed by atoms with Gasteiger partial charge in [0.05, 0.1) is 10.5 Å². The third-order valence-electron chi connectivity index (χ3n) is 2.00. The van der Waals surface area contributed by atoms with Crippen LogP contribution in [0.25, 0.3) is 0 Å². The summed E-state index contributed by atoms with van der Waals surface area (Å²) >= 11 is 0. The molecule has 15 heavy (non-hydrogen) atoms. The summed E-state index contributed by atoms with van der Waals surface area (Å²) in [4.78, 5) is 21.3. The van der Waals surface area contributed by atoms with Crippen LogP contribution >= 0.6 is 0 Å². The molecule has 1 N–H and O–H groups in total. The highest BCUT2D eigenvalue weighted by molar-refractivity contribution is 6.00. The second-order valence-electron chi connectivity index (χ2n) is 3.45. The molecular weight excluding hydrogens is 198 g/mol. The van der Waals surface area contributed by atoms with E-state index < -0.39 is 16.4 Å². The summed E-state index contributed by atoms with van der Waals surface area (Å²) in [5, 5.41) is 20.0. The van der Waals surface area contributed by atoms with Gasteiger partial charge in [-0.2, -0.15) is 0 Å². The molecule has 5 heteroatoms. The van der Waals surface area contributed by atoms with Crippen molar-refractivity contribution in [3.8, 4) is 5.75 Å². The predicted octanol–water partition coefficient (Wildman–Crippen LogP) is 2.14. The number of carbonyl (C=O) groups excluding carboxylic acids is 1. The third-order valence-corrected chi connectivity index (χ3v) is 2.00.